The van der Waals surface area contributed by atoms with Crippen LogP contribution in [0, 0.1) is 0 Å². The molecule has 0 aliphatic rings. The number of aromatic amines is 1. The Morgan fingerprint density at radius 3 is 2.65 bits per heavy atom. The molecule has 0 radical (unpaired) electrons. The molecule has 0 spiro atoms. The average molecular weight is 436 g/mol. The van der Waals surface area contributed by atoms with Crippen LogP contribution in [0.4, 0.5) is 0 Å². The fourth-order valence-corrected chi connectivity index (χ4v) is 2.74. The molecule has 5 nitrogen and oxygen atoms in total. The number of rotatable bonds is 5. The lowest BCUT2D eigenvalue weighted by Crippen LogP contribution is -2.41. The fraction of sp³-hybridized carbons (Fsp3) is 0.176. The van der Waals surface area contributed by atoms with Crippen LogP contribution in [-0.2, 0) is 17.8 Å². The van der Waals surface area contributed by atoms with Crippen molar-refractivity contribution in [3.63, 3.8) is 0 Å². The van der Waals surface area contributed by atoms with E-state index in [1.165, 1.54) is 0 Å². The van der Waals surface area contributed by atoms with Crippen LogP contribution in [0.15, 0.2) is 42.7 Å². The summed E-state index contributed by atoms with van der Waals surface area (Å²) >= 11 is 11.9. The van der Waals surface area contributed by atoms with Crippen molar-refractivity contribution in [2.24, 2.45) is 5.73 Å². The van der Waals surface area contributed by atoms with Gasteiger partial charge in [-0.3, -0.25) is 4.79 Å². The quantitative estimate of drug-likeness (QED) is 0.568. The molecule has 3 rings (SSSR count). The number of pyridine rings is 1. The number of nitrogens with zero attached hydrogens (tertiary/aromatic N) is 1. The molecule has 0 aliphatic heterocycles. The van der Waals surface area contributed by atoms with Gasteiger partial charge in [-0.05, 0) is 41.8 Å². The lowest BCUT2D eigenvalue weighted by atomic mass is 10.1. The van der Waals surface area contributed by atoms with Crippen molar-refractivity contribution in [3.05, 3.63) is 63.9 Å². The van der Waals surface area contributed by atoms with Gasteiger partial charge in [0, 0.05) is 24.3 Å². The molecule has 9 heteroatoms. The smallest absolute Gasteiger partial charge is 0.237 e. The third-order valence-electron chi connectivity index (χ3n) is 3.70. The van der Waals surface area contributed by atoms with Crippen molar-refractivity contribution < 1.29 is 4.79 Å². The Labute approximate surface area is 173 Å². The van der Waals surface area contributed by atoms with E-state index in [-0.39, 0.29) is 30.7 Å². The van der Waals surface area contributed by atoms with Gasteiger partial charge in [0.2, 0.25) is 5.91 Å². The fourth-order valence-electron chi connectivity index (χ4n) is 2.42. The van der Waals surface area contributed by atoms with Crippen LogP contribution in [0.2, 0.25) is 10.0 Å². The number of nitrogens with one attached hydrogen (secondary N) is 2. The zero-order chi connectivity index (χ0) is 17.1. The Kier molecular flexibility index (Phi) is 8.67. The summed E-state index contributed by atoms with van der Waals surface area (Å²) in [7, 11) is 0. The van der Waals surface area contributed by atoms with Crippen LogP contribution in [0.1, 0.15) is 11.1 Å². The van der Waals surface area contributed by atoms with Gasteiger partial charge in [-0.25, -0.2) is 4.98 Å². The maximum atomic E-state index is 12.2. The van der Waals surface area contributed by atoms with E-state index in [0.29, 0.717) is 23.0 Å². The van der Waals surface area contributed by atoms with Gasteiger partial charge in [0.05, 0.1) is 16.1 Å². The molecule has 0 saturated carbocycles. The minimum Gasteiger partial charge on any atom is -0.351 e. The predicted molar refractivity (Wildman–Crippen MR) is 111 cm³/mol. The van der Waals surface area contributed by atoms with Gasteiger partial charge in [0.15, 0.2) is 0 Å². The summed E-state index contributed by atoms with van der Waals surface area (Å²) in [5, 5.41) is 4.76. The summed E-state index contributed by atoms with van der Waals surface area (Å²) in [6.45, 7) is 0.377. The molecule has 2 aromatic heterocycles. The topological polar surface area (TPSA) is 83.8 Å². The van der Waals surface area contributed by atoms with Crippen LogP contribution in [0.3, 0.4) is 0 Å². The van der Waals surface area contributed by atoms with Crippen molar-refractivity contribution in [2.75, 3.05) is 0 Å². The van der Waals surface area contributed by atoms with E-state index >= 15 is 0 Å². The van der Waals surface area contributed by atoms with E-state index in [1.54, 1.807) is 18.3 Å². The summed E-state index contributed by atoms with van der Waals surface area (Å²) < 4.78 is 0. The van der Waals surface area contributed by atoms with Gasteiger partial charge < -0.3 is 16.0 Å². The van der Waals surface area contributed by atoms with E-state index in [1.807, 2.05) is 24.4 Å². The molecule has 0 aliphatic carbocycles. The van der Waals surface area contributed by atoms with Gasteiger partial charge in [-0.1, -0.05) is 29.3 Å². The van der Waals surface area contributed by atoms with Crippen LogP contribution >= 0.6 is 48.0 Å². The molecule has 4 N–H and O–H groups in total. The molecule has 2 heterocycles. The first-order chi connectivity index (χ1) is 11.5. The third kappa shape index (κ3) is 5.50. The summed E-state index contributed by atoms with van der Waals surface area (Å²) in [5.41, 5.74) is 8.56. The summed E-state index contributed by atoms with van der Waals surface area (Å²) in [5.74, 6) is -0.227. The molecule has 0 fully saturated rings. The van der Waals surface area contributed by atoms with Crippen LogP contribution < -0.4 is 11.1 Å². The molecule has 0 bridgehead atoms. The Morgan fingerprint density at radius 1 is 1.15 bits per heavy atom. The van der Waals surface area contributed by atoms with Gasteiger partial charge in [0.1, 0.15) is 5.65 Å². The number of hydrogen-bond donors (Lipinski definition) is 3. The molecular formula is C17H18Cl4N4O. The maximum Gasteiger partial charge on any atom is 0.237 e. The number of amides is 1. The maximum absolute atomic E-state index is 12.2. The summed E-state index contributed by atoms with van der Waals surface area (Å²) in [6, 6.07) is 8.48. The Balaban J connectivity index is 0.00000169. The predicted octanol–water partition coefficient (Wildman–Crippen LogP) is 3.90. The summed E-state index contributed by atoms with van der Waals surface area (Å²) in [4.78, 5) is 19.5. The third-order valence-corrected chi connectivity index (χ3v) is 4.44. The second-order valence-corrected chi connectivity index (χ2v) is 6.35. The lowest BCUT2D eigenvalue weighted by Gasteiger charge is -2.13. The van der Waals surface area contributed by atoms with Gasteiger partial charge in [-0.2, -0.15) is 0 Å². The zero-order valence-corrected chi connectivity index (χ0v) is 16.7. The molecule has 1 atom stereocenters. The number of aromatic nitrogens is 2. The van der Waals surface area contributed by atoms with Crippen molar-refractivity contribution >= 4 is 65.0 Å². The van der Waals surface area contributed by atoms with E-state index in [9.17, 15) is 4.79 Å². The molecule has 26 heavy (non-hydrogen) atoms. The number of fused-ring (bicyclic) bond motifs is 1. The van der Waals surface area contributed by atoms with Crippen LogP contribution in [-0.4, -0.2) is 21.9 Å². The molecule has 3 aromatic rings. The van der Waals surface area contributed by atoms with Crippen LogP contribution in [0.25, 0.3) is 11.0 Å². The molecular weight excluding hydrogens is 418 g/mol. The molecule has 140 valence electrons. The van der Waals surface area contributed by atoms with Crippen molar-refractivity contribution in [1.29, 1.82) is 0 Å². The largest absolute Gasteiger partial charge is 0.351 e. The van der Waals surface area contributed by atoms with Crippen LogP contribution in [0.5, 0.6) is 0 Å². The summed E-state index contributed by atoms with van der Waals surface area (Å²) in [6.07, 6.45) is 3.94. The van der Waals surface area contributed by atoms with Crippen molar-refractivity contribution in [3.8, 4) is 0 Å². The molecule has 1 amide bonds. The van der Waals surface area contributed by atoms with Gasteiger partial charge in [-0.15, -0.1) is 24.8 Å². The van der Waals surface area contributed by atoms with Crippen molar-refractivity contribution in [2.45, 2.75) is 19.0 Å². The molecule has 1 unspecified atom stereocenters. The standard InChI is InChI=1S/C17H16Cl2N4O.2ClH/c18-13-2-1-10(6-14(13)19)7-15(20)17(24)23-9-11-5-12-3-4-21-16(12)22-8-11;;/h1-6,8,15H,7,9,20H2,(H,21,22)(H,23,24);2*1H. The number of carbonyl (C=O) groups is 1. The first-order valence-corrected chi connectivity index (χ1v) is 8.18. The number of nitrogens with two attached hydrogens (primary N) is 1. The number of benzene rings is 1. The number of carbonyl (C=O) groups excluding carboxylic acids is 1. The van der Waals surface area contributed by atoms with Crippen molar-refractivity contribution in [1.82, 2.24) is 15.3 Å². The number of halogens is 4. The Hall–Kier alpha value is -1.50. The highest BCUT2D eigenvalue weighted by Crippen LogP contribution is 2.23. The highest BCUT2D eigenvalue weighted by Gasteiger charge is 2.14. The highest BCUT2D eigenvalue weighted by atomic mass is 35.5. The zero-order valence-electron chi connectivity index (χ0n) is 13.5. The van der Waals surface area contributed by atoms with E-state index in [0.717, 1.165) is 22.2 Å². The Morgan fingerprint density at radius 2 is 1.92 bits per heavy atom. The van der Waals surface area contributed by atoms with E-state index in [4.69, 9.17) is 28.9 Å². The second kappa shape index (κ2) is 10.00. The minimum absolute atomic E-state index is 0. The van der Waals surface area contributed by atoms with Gasteiger partial charge in [0.25, 0.3) is 0 Å². The first kappa shape index (κ1) is 22.5. The lowest BCUT2D eigenvalue weighted by molar-refractivity contribution is -0.122. The number of H-pyrrole nitrogens is 1. The first-order valence-electron chi connectivity index (χ1n) is 7.42. The normalized spacial score (nSPS) is 11.3. The van der Waals surface area contributed by atoms with E-state index < -0.39 is 6.04 Å². The molecule has 0 saturated heterocycles. The Bertz CT molecular complexity index is 884. The van der Waals surface area contributed by atoms with E-state index in [2.05, 4.69) is 15.3 Å². The SMILES string of the molecule is Cl.Cl.NC(Cc1ccc(Cl)c(Cl)c1)C(=O)NCc1cnc2[nH]ccc2c1. The highest BCUT2D eigenvalue weighted by molar-refractivity contribution is 6.42. The second-order valence-electron chi connectivity index (χ2n) is 5.54. The van der Waals surface area contributed by atoms with Gasteiger partial charge >= 0.3 is 0 Å². The number of hydrogen-bond acceptors (Lipinski definition) is 3. The minimum atomic E-state index is -0.661. The average Bonchev–Trinajstić information content (AvgIpc) is 3.03. The monoisotopic (exact) mass is 434 g/mol. The molecule has 1 aromatic carbocycles.